The van der Waals surface area contributed by atoms with Gasteiger partial charge in [-0.05, 0) is 23.8 Å². The lowest BCUT2D eigenvalue weighted by molar-refractivity contribution is 0.0698. The number of ether oxygens (including phenoxy) is 1. The number of carbonyl (C=O) groups is 2. The van der Waals surface area contributed by atoms with Crippen LogP contribution in [0.25, 0.3) is 0 Å². The number of rotatable bonds is 5. The van der Waals surface area contributed by atoms with Gasteiger partial charge in [0.25, 0.3) is 0 Å². The molecule has 1 amide bonds. The Labute approximate surface area is 134 Å². The molecule has 2 aromatic rings. The fourth-order valence-corrected chi connectivity index (χ4v) is 1.97. The van der Waals surface area contributed by atoms with Crippen LogP contribution in [0.2, 0.25) is 0 Å². The molecule has 0 unspecified atom stereocenters. The van der Waals surface area contributed by atoms with Crippen LogP contribution < -0.4 is 10.2 Å². The average molecular weight is 314 g/mol. The minimum absolute atomic E-state index is 0.00728. The summed E-state index contributed by atoms with van der Waals surface area (Å²) >= 11 is 0. The molecule has 0 atom stereocenters. The maximum Gasteiger partial charge on any atom is 0.411 e. The topological polar surface area (TPSA) is 78.9 Å². The Hall–Kier alpha value is -3.02. The molecule has 0 saturated heterocycles. The van der Waals surface area contributed by atoms with Gasteiger partial charge in [-0.3, -0.25) is 5.32 Å². The van der Waals surface area contributed by atoms with Crippen molar-refractivity contribution < 1.29 is 19.4 Å². The summed E-state index contributed by atoms with van der Waals surface area (Å²) in [6.45, 7) is 0.116. The second-order valence-electron chi connectivity index (χ2n) is 5.12. The van der Waals surface area contributed by atoms with Gasteiger partial charge >= 0.3 is 12.1 Å². The fraction of sp³-hybridized carbons (Fsp3) is 0.176. The van der Waals surface area contributed by atoms with Gasteiger partial charge < -0.3 is 14.7 Å². The van der Waals surface area contributed by atoms with Crippen molar-refractivity contribution in [2.45, 2.75) is 6.61 Å². The minimum atomic E-state index is -1.12. The van der Waals surface area contributed by atoms with Gasteiger partial charge in [-0.2, -0.15) is 0 Å². The summed E-state index contributed by atoms with van der Waals surface area (Å²) in [5, 5.41) is 11.7. The van der Waals surface area contributed by atoms with Crippen LogP contribution in [0.15, 0.2) is 48.5 Å². The van der Waals surface area contributed by atoms with Crippen LogP contribution >= 0.6 is 0 Å². The molecule has 0 aliphatic rings. The number of benzene rings is 2. The van der Waals surface area contributed by atoms with Crippen LogP contribution in [0.1, 0.15) is 15.9 Å². The second-order valence-corrected chi connectivity index (χ2v) is 5.12. The van der Waals surface area contributed by atoms with E-state index in [0.29, 0.717) is 0 Å². The summed E-state index contributed by atoms with van der Waals surface area (Å²) in [7, 11) is 3.62. The predicted molar refractivity (Wildman–Crippen MR) is 88.0 cm³/mol. The molecule has 0 spiro atoms. The first-order valence-corrected chi connectivity index (χ1v) is 6.99. The molecule has 6 heteroatoms. The molecule has 2 N–H and O–H groups in total. The number of anilines is 2. The second kappa shape index (κ2) is 7.31. The quantitative estimate of drug-likeness (QED) is 0.886. The van der Waals surface area contributed by atoms with E-state index >= 15 is 0 Å². The summed E-state index contributed by atoms with van der Waals surface area (Å²) in [6.07, 6.45) is -0.700. The van der Waals surface area contributed by atoms with Crippen molar-refractivity contribution in [3.8, 4) is 0 Å². The minimum Gasteiger partial charge on any atom is -0.478 e. The molecule has 0 aliphatic heterocycles. The summed E-state index contributed by atoms with van der Waals surface area (Å²) in [6, 6.07) is 14.0. The molecule has 0 aliphatic carbocycles. The van der Waals surface area contributed by atoms with E-state index in [1.165, 1.54) is 6.07 Å². The molecule has 0 fully saturated rings. The van der Waals surface area contributed by atoms with E-state index in [4.69, 9.17) is 4.74 Å². The molecule has 23 heavy (non-hydrogen) atoms. The fourth-order valence-electron chi connectivity index (χ4n) is 1.97. The van der Waals surface area contributed by atoms with Crippen molar-refractivity contribution in [2.75, 3.05) is 24.3 Å². The maximum absolute atomic E-state index is 11.8. The van der Waals surface area contributed by atoms with Crippen molar-refractivity contribution in [2.24, 2.45) is 0 Å². The van der Waals surface area contributed by atoms with Gasteiger partial charge in [0.2, 0.25) is 0 Å². The molecule has 0 aromatic heterocycles. The van der Waals surface area contributed by atoms with Crippen molar-refractivity contribution in [1.29, 1.82) is 0 Å². The molecule has 0 heterocycles. The van der Waals surface area contributed by atoms with E-state index in [0.717, 1.165) is 11.3 Å². The SMILES string of the molecule is CN(C)c1ccc(NC(=O)OCc2ccccc2)c(C(=O)O)c1. The summed E-state index contributed by atoms with van der Waals surface area (Å²) in [4.78, 5) is 25.0. The van der Waals surface area contributed by atoms with Gasteiger partial charge in [0.05, 0.1) is 11.3 Å². The highest BCUT2D eigenvalue weighted by atomic mass is 16.5. The Morgan fingerprint density at radius 1 is 1.13 bits per heavy atom. The van der Waals surface area contributed by atoms with Gasteiger partial charge in [0.1, 0.15) is 6.61 Å². The van der Waals surface area contributed by atoms with E-state index in [9.17, 15) is 14.7 Å². The monoisotopic (exact) mass is 314 g/mol. The van der Waals surface area contributed by atoms with Crippen molar-refractivity contribution in [3.63, 3.8) is 0 Å². The molecule has 2 rings (SSSR count). The third kappa shape index (κ3) is 4.47. The first-order valence-electron chi connectivity index (χ1n) is 6.99. The highest BCUT2D eigenvalue weighted by molar-refractivity contribution is 5.99. The molecule has 2 aromatic carbocycles. The zero-order chi connectivity index (χ0) is 16.8. The van der Waals surface area contributed by atoms with Crippen LogP contribution in [0.5, 0.6) is 0 Å². The average Bonchev–Trinajstić information content (AvgIpc) is 2.54. The van der Waals surface area contributed by atoms with Crippen LogP contribution in [0.3, 0.4) is 0 Å². The van der Waals surface area contributed by atoms with E-state index in [-0.39, 0.29) is 17.9 Å². The van der Waals surface area contributed by atoms with Gasteiger partial charge in [0.15, 0.2) is 0 Å². The highest BCUT2D eigenvalue weighted by Gasteiger charge is 2.14. The lowest BCUT2D eigenvalue weighted by atomic mass is 10.1. The molecular formula is C17H18N2O4. The number of carbonyl (C=O) groups excluding carboxylic acids is 1. The third-order valence-electron chi connectivity index (χ3n) is 3.20. The standard InChI is InChI=1S/C17H18N2O4/c1-19(2)13-8-9-15(14(10-13)16(20)21)18-17(22)23-11-12-6-4-3-5-7-12/h3-10H,11H2,1-2H3,(H,18,22)(H,20,21). The Balaban J connectivity index is 2.06. The number of amides is 1. The Bertz CT molecular complexity index is 699. The van der Waals surface area contributed by atoms with Gasteiger partial charge in [-0.1, -0.05) is 30.3 Å². The van der Waals surface area contributed by atoms with Gasteiger partial charge in [-0.15, -0.1) is 0 Å². The number of nitrogens with one attached hydrogen (secondary N) is 1. The summed E-state index contributed by atoms with van der Waals surface area (Å²) in [5.41, 5.74) is 1.78. The third-order valence-corrected chi connectivity index (χ3v) is 3.20. The Morgan fingerprint density at radius 2 is 1.83 bits per heavy atom. The number of carboxylic acid groups (broad SMARTS) is 1. The van der Waals surface area contributed by atoms with Crippen molar-refractivity contribution >= 4 is 23.4 Å². The van der Waals surface area contributed by atoms with Crippen molar-refractivity contribution in [1.82, 2.24) is 0 Å². The summed E-state index contributed by atoms with van der Waals surface area (Å²) in [5.74, 6) is -1.12. The lowest BCUT2D eigenvalue weighted by Gasteiger charge is -2.15. The molecule has 0 bridgehead atoms. The smallest absolute Gasteiger partial charge is 0.411 e. The van der Waals surface area contributed by atoms with E-state index in [1.54, 1.807) is 17.0 Å². The van der Waals surface area contributed by atoms with Crippen LogP contribution in [-0.2, 0) is 11.3 Å². The summed E-state index contributed by atoms with van der Waals surface area (Å²) < 4.78 is 5.09. The Kier molecular flexibility index (Phi) is 5.19. The van der Waals surface area contributed by atoms with Crippen LogP contribution in [-0.4, -0.2) is 31.3 Å². The molecule has 120 valence electrons. The van der Waals surface area contributed by atoms with Crippen LogP contribution in [0.4, 0.5) is 16.2 Å². The maximum atomic E-state index is 11.8. The highest BCUT2D eigenvalue weighted by Crippen LogP contribution is 2.22. The van der Waals surface area contributed by atoms with Gasteiger partial charge in [0, 0.05) is 19.8 Å². The number of hydrogen-bond acceptors (Lipinski definition) is 4. The zero-order valence-corrected chi connectivity index (χ0v) is 12.9. The predicted octanol–water partition coefficient (Wildman–Crippen LogP) is 3.20. The Morgan fingerprint density at radius 3 is 2.43 bits per heavy atom. The first-order chi connectivity index (χ1) is 11.0. The number of aromatic carboxylic acids is 1. The number of hydrogen-bond donors (Lipinski definition) is 2. The van der Waals surface area contributed by atoms with Crippen LogP contribution in [0, 0.1) is 0 Å². The van der Waals surface area contributed by atoms with E-state index in [1.807, 2.05) is 44.4 Å². The lowest BCUT2D eigenvalue weighted by Crippen LogP contribution is -2.17. The van der Waals surface area contributed by atoms with E-state index < -0.39 is 12.1 Å². The van der Waals surface area contributed by atoms with Crippen molar-refractivity contribution in [3.05, 3.63) is 59.7 Å². The number of carboxylic acids is 1. The largest absolute Gasteiger partial charge is 0.478 e. The number of nitrogens with zero attached hydrogens (tertiary/aromatic N) is 1. The molecule has 6 nitrogen and oxygen atoms in total. The molecule has 0 saturated carbocycles. The van der Waals surface area contributed by atoms with Gasteiger partial charge in [-0.25, -0.2) is 9.59 Å². The van der Waals surface area contributed by atoms with E-state index in [2.05, 4.69) is 5.32 Å². The first kappa shape index (κ1) is 16.4. The molecule has 0 radical (unpaired) electrons. The molecular weight excluding hydrogens is 296 g/mol. The normalized spacial score (nSPS) is 10.0. The zero-order valence-electron chi connectivity index (χ0n) is 12.9.